The summed E-state index contributed by atoms with van der Waals surface area (Å²) in [6, 6.07) is 12.5. The summed E-state index contributed by atoms with van der Waals surface area (Å²) in [5, 5.41) is 0. The molecule has 2 N–H and O–H groups in total. The number of amidine groups is 1. The number of aromatic nitrogens is 4. The van der Waals surface area contributed by atoms with Gasteiger partial charge in [-0.15, -0.1) is 0 Å². The minimum atomic E-state index is 0.395. The Morgan fingerprint density at radius 3 is 2.61 bits per heavy atom. The Bertz CT molecular complexity index is 1280. The fourth-order valence-electron chi connectivity index (χ4n) is 3.93. The minimum Gasteiger partial charge on any atom is -0.383 e. The van der Waals surface area contributed by atoms with Gasteiger partial charge >= 0.3 is 0 Å². The predicted molar refractivity (Wildman–Crippen MR) is 135 cm³/mol. The second-order valence-electron chi connectivity index (χ2n) is 7.97. The minimum absolute atomic E-state index is 0.395. The van der Waals surface area contributed by atoms with E-state index in [4.69, 9.17) is 10.7 Å². The van der Waals surface area contributed by atoms with Gasteiger partial charge in [-0.1, -0.05) is 26.0 Å². The number of aryl methyl sites for hydroxylation is 2. The third-order valence-corrected chi connectivity index (χ3v) is 5.65. The highest BCUT2D eigenvalue weighted by molar-refractivity contribution is 5.99. The lowest BCUT2D eigenvalue weighted by Gasteiger charge is -2.17. The average molecular weight is 442 g/mol. The highest BCUT2D eigenvalue weighted by atomic mass is 15.1. The Balaban J connectivity index is 0.00000126. The molecule has 3 aromatic heterocycles. The highest BCUT2D eigenvalue weighted by Gasteiger charge is 2.14. The molecular weight excluding hydrogens is 410 g/mol. The number of anilines is 1. The third-order valence-electron chi connectivity index (χ3n) is 5.65. The van der Waals surface area contributed by atoms with E-state index in [1.807, 2.05) is 56.6 Å². The number of benzene rings is 1. The first kappa shape index (κ1) is 22.5. The van der Waals surface area contributed by atoms with Crippen LogP contribution in [0.2, 0.25) is 0 Å². The first-order chi connectivity index (χ1) is 16.1. The summed E-state index contributed by atoms with van der Waals surface area (Å²) < 4.78 is 2.01. The van der Waals surface area contributed by atoms with Gasteiger partial charge in [0.1, 0.15) is 11.5 Å². The molecule has 7 heteroatoms. The SMILES string of the molecule is CC.Cc1cnc(C)c(N=C(N)c2ccn3cc(-c4cccc(N5CCCC5)c4)nc3c2)n1. The molecule has 170 valence electrons. The van der Waals surface area contributed by atoms with Crippen LogP contribution in [0.4, 0.5) is 11.5 Å². The van der Waals surface area contributed by atoms with Crippen LogP contribution in [0.5, 0.6) is 0 Å². The standard InChI is InChI=1S/C24H25N7.C2H6/c1-16-14-26-17(2)24(27-16)29-23(25)19-8-11-31-15-21(28-22(31)13-19)18-6-5-7-20(12-18)30-9-3-4-10-30;1-2/h5-8,11-15H,3-4,9-10H2,1-2H3,(H2,25,27,29);1-2H3. The number of rotatable bonds is 4. The maximum absolute atomic E-state index is 6.28. The number of hydrogen-bond donors (Lipinski definition) is 1. The summed E-state index contributed by atoms with van der Waals surface area (Å²) in [4.78, 5) is 20.5. The zero-order valence-corrected chi connectivity index (χ0v) is 19.8. The molecule has 1 saturated heterocycles. The zero-order valence-electron chi connectivity index (χ0n) is 19.8. The Hall–Kier alpha value is -3.74. The lowest BCUT2D eigenvalue weighted by atomic mass is 10.1. The Morgan fingerprint density at radius 2 is 1.82 bits per heavy atom. The van der Waals surface area contributed by atoms with Crippen molar-refractivity contribution in [2.45, 2.75) is 40.5 Å². The number of nitrogens with two attached hydrogens (primary N) is 1. The van der Waals surface area contributed by atoms with Crippen LogP contribution in [0.15, 0.2) is 60.0 Å². The monoisotopic (exact) mass is 441 g/mol. The van der Waals surface area contributed by atoms with Gasteiger partial charge in [0, 0.05) is 48.5 Å². The third kappa shape index (κ3) is 4.87. The summed E-state index contributed by atoms with van der Waals surface area (Å²) >= 11 is 0. The van der Waals surface area contributed by atoms with Crippen molar-refractivity contribution < 1.29 is 0 Å². The summed E-state index contributed by atoms with van der Waals surface area (Å²) in [5.74, 6) is 0.936. The number of imidazole rings is 1. The van der Waals surface area contributed by atoms with Crippen LogP contribution in [-0.2, 0) is 0 Å². The van der Waals surface area contributed by atoms with Gasteiger partial charge in [0.15, 0.2) is 5.82 Å². The van der Waals surface area contributed by atoms with Crippen molar-refractivity contribution in [3.8, 4) is 11.3 Å². The molecule has 4 heterocycles. The largest absolute Gasteiger partial charge is 0.383 e. The van der Waals surface area contributed by atoms with Gasteiger partial charge in [-0.25, -0.2) is 15.0 Å². The lowest BCUT2D eigenvalue weighted by molar-refractivity contribution is 0.949. The molecule has 4 aromatic rings. The van der Waals surface area contributed by atoms with Crippen molar-refractivity contribution >= 4 is 23.0 Å². The van der Waals surface area contributed by atoms with Crippen LogP contribution in [-0.4, -0.2) is 38.3 Å². The van der Waals surface area contributed by atoms with Gasteiger partial charge in [-0.3, -0.25) is 4.98 Å². The van der Waals surface area contributed by atoms with E-state index >= 15 is 0 Å². The van der Waals surface area contributed by atoms with Gasteiger partial charge in [0.05, 0.1) is 17.1 Å². The number of nitrogens with zero attached hydrogens (tertiary/aromatic N) is 6. The predicted octanol–water partition coefficient (Wildman–Crippen LogP) is 5.07. The van der Waals surface area contributed by atoms with E-state index in [0.29, 0.717) is 11.7 Å². The summed E-state index contributed by atoms with van der Waals surface area (Å²) in [5.41, 5.74) is 12.8. The number of pyridine rings is 1. The second kappa shape index (κ2) is 9.81. The van der Waals surface area contributed by atoms with E-state index in [1.54, 1.807) is 6.20 Å². The summed E-state index contributed by atoms with van der Waals surface area (Å²) in [6.07, 6.45) is 8.26. The molecule has 0 unspecified atom stereocenters. The van der Waals surface area contributed by atoms with Crippen molar-refractivity contribution in [2.24, 2.45) is 10.7 Å². The molecule has 0 aliphatic carbocycles. The molecule has 0 saturated carbocycles. The van der Waals surface area contributed by atoms with Crippen LogP contribution in [0.3, 0.4) is 0 Å². The molecule has 7 nitrogen and oxygen atoms in total. The average Bonchev–Trinajstić information content (AvgIpc) is 3.52. The normalized spacial score (nSPS) is 13.8. The second-order valence-corrected chi connectivity index (χ2v) is 7.97. The molecule has 0 atom stereocenters. The van der Waals surface area contributed by atoms with Crippen LogP contribution in [0.25, 0.3) is 16.9 Å². The Kier molecular flexibility index (Phi) is 6.68. The van der Waals surface area contributed by atoms with Crippen molar-refractivity contribution in [1.82, 2.24) is 19.4 Å². The van der Waals surface area contributed by atoms with Crippen molar-refractivity contribution in [1.29, 1.82) is 0 Å². The lowest BCUT2D eigenvalue weighted by Crippen LogP contribution is -2.17. The Morgan fingerprint density at radius 1 is 1.03 bits per heavy atom. The van der Waals surface area contributed by atoms with E-state index in [1.165, 1.54) is 18.5 Å². The molecule has 1 aliphatic rings. The first-order valence-electron chi connectivity index (χ1n) is 11.6. The number of fused-ring (bicyclic) bond motifs is 1. The molecule has 1 aliphatic heterocycles. The zero-order chi connectivity index (χ0) is 23.4. The van der Waals surface area contributed by atoms with Gasteiger partial charge in [0.25, 0.3) is 0 Å². The summed E-state index contributed by atoms with van der Waals surface area (Å²) in [6.45, 7) is 10.0. The molecule has 1 fully saturated rings. The van der Waals surface area contributed by atoms with Gasteiger partial charge < -0.3 is 15.0 Å². The fourth-order valence-corrected chi connectivity index (χ4v) is 3.93. The smallest absolute Gasteiger partial charge is 0.175 e. The Labute approximate surface area is 195 Å². The van der Waals surface area contributed by atoms with E-state index in [2.05, 4.69) is 44.1 Å². The molecule has 33 heavy (non-hydrogen) atoms. The topological polar surface area (TPSA) is 84.7 Å². The van der Waals surface area contributed by atoms with E-state index in [0.717, 1.165) is 46.9 Å². The van der Waals surface area contributed by atoms with Crippen molar-refractivity contribution in [2.75, 3.05) is 18.0 Å². The van der Waals surface area contributed by atoms with Crippen LogP contribution < -0.4 is 10.6 Å². The van der Waals surface area contributed by atoms with Gasteiger partial charge in [0.2, 0.25) is 0 Å². The first-order valence-corrected chi connectivity index (χ1v) is 11.6. The molecule has 0 spiro atoms. The van der Waals surface area contributed by atoms with Crippen LogP contribution in [0, 0.1) is 13.8 Å². The fraction of sp³-hybridized carbons (Fsp3) is 0.308. The van der Waals surface area contributed by atoms with E-state index in [9.17, 15) is 0 Å². The summed E-state index contributed by atoms with van der Waals surface area (Å²) in [7, 11) is 0. The van der Waals surface area contributed by atoms with Gasteiger partial charge in [-0.2, -0.15) is 0 Å². The van der Waals surface area contributed by atoms with Crippen LogP contribution in [0.1, 0.15) is 43.6 Å². The molecule has 5 rings (SSSR count). The van der Waals surface area contributed by atoms with E-state index in [-0.39, 0.29) is 0 Å². The van der Waals surface area contributed by atoms with E-state index < -0.39 is 0 Å². The number of hydrogen-bond acceptors (Lipinski definition) is 5. The molecule has 0 amide bonds. The maximum atomic E-state index is 6.28. The maximum Gasteiger partial charge on any atom is 0.175 e. The van der Waals surface area contributed by atoms with Crippen LogP contribution >= 0.6 is 0 Å². The van der Waals surface area contributed by atoms with Crippen molar-refractivity contribution in [3.63, 3.8) is 0 Å². The molecular formula is C26H31N7. The molecule has 0 bridgehead atoms. The molecule has 0 radical (unpaired) electrons. The molecule has 1 aromatic carbocycles. The van der Waals surface area contributed by atoms with Crippen molar-refractivity contribution in [3.05, 3.63) is 71.9 Å². The quantitative estimate of drug-likeness (QED) is 0.353. The van der Waals surface area contributed by atoms with Gasteiger partial charge in [-0.05, 0) is 51.0 Å². The highest BCUT2D eigenvalue weighted by Crippen LogP contribution is 2.27. The number of aliphatic imine (C=N–C) groups is 1.